The van der Waals surface area contributed by atoms with Crippen LogP contribution in [-0.4, -0.2) is 24.1 Å². The first-order valence-electron chi connectivity index (χ1n) is 8.76. The summed E-state index contributed by atoms with van der Waals surface area (Å²) < 4.78 is 16.5. The minimum Gasteiger partial charge on any atom is -0.478 e. The zero-order chi connectivity index (χ0) is 20.3. The average molecular weight is 402 g/mol. The van der Waals surface area contributed by atoms with E-state index in [0.29, 0.717) is 21.7 Å². The molecule has 0 aliphatic rings. The molecule has 0 aliphatic carbocycles. The van der Waals surface area contributed by atoms with Crippen LogP contribution in [-0.2, 0) is 9.53 Å². The lowest BCUT2D eigenvalue weighted by atomic mass is 10.1. The quantitative estimate of drug-likeness (QED) is 0.584. The standard InChI is InChI=1S/C21H20ClNO5/c1-4-26-19(24)18-17(15-7-5-6-8-16(15)27-18)23-20(25)21(2,3)28-14-11-9-13(22)10-12-14/h5-12H,4H2,1-3H3,(H,23,25). The van der Waals surface area contributed by atoms with Crippen molar-refractivity contribution in [1.82, 2.24) is 0 Å². The van der Waals surface area contributed by atoms with Crippen molar-refractivity contribution in [2.24, 2.45) is 0 Å². The van der Waals surface area contributed by atoms with Gasteiger partial charge in [-0.05, 0) is 57.2 Å². The second-order valence-electron chi connectivity index (χ2n) is 6.54. The molecule has 0 saturated heterocycles. The van der Waals surface area contributed by atoms with Crippen LogP contribution in [0.5, 0.6) is 5.75 Å². The highest BCUT2D eigenvalue weighted by Gasteiger charge is 2.33. The number of nitrogens with one attached hydrogen (secondary N) is 1. The zero-order valence-electron chi connectivity index (χ0n) is 15.7. The summed E-state index contributed by atoms with van der Waals surface area (Å²) in [5.41, 5.74) is -0.498. The van der Waals surface area contributed by atoms with E-state index in [1.165, 1.54) is 0 Å². The highest BCUT2D eigenvalue weighted by Crippen LogP contribution is 2.32. The number of halogens is 1. The molecule has 7 heteroatoms. The second kappa shape index (κ2) is 7.94. The van der Waals surface area contributed by atoms with Crippen LogP contribution in [0.3, 0.4) is 0 Å². The number of hydrogen-bond acceptors (Lipinski definition) is 5. The van der Waals surface area contributed by atoms with Crippen LogP contribution < -0.4 is 10.1 Å². The van der Waals surface area contributed by atoms with E-state index in [1.807, 2.05) is 0 Å². The van der Waals surface area contributed by atoms with Crippen LogP contribution in [0.2, 0.25) is 5.02 Å². The number of esters is 1. The molecule has 1 heterocycles. The van der Waals surface area contributed by atoms with Gasteiger partial charge in [-0.15, -0.1) is 0 Å². The van der Waals surface area contributed by atoms with E-state index in [1.54, 1.807) is 69.3 Å². The predicted molar refractivity (Wildman–Crippen MR) is 107 cm³/mol. The molecule has 0 bridgehead atoms. The van der Waals surface area contributed by atoms with Crippen molar-refractivity contribution in [3.8, 4) is 5.75 Å². The van der Waals surface area contributed by atoms with Crippen LogP contribution in [0, 0.1) is 0 Å². The molecule has 1 N–H and O–H groups in total. The lowest BCUT2D eigenvalue weighted by Gasteiger charge is -2.25. The number of benzene rings is 2. The highest BCUT2D eigenvalue weighted by atomic mass is 35.5. The smallest absolute Gasteiger partial charge is 0.376 e. The van der Waals surface area contributed by atoms with Gasteiger partial charge in [-0.1, -0.05) is 23.7 Å². The fourth-order valence-corrected chi connectivity index (χ4v) is 2.74. The largest absolute Gasteiger partial charge is 0.478 e. The topological polar surface area (TPSA) is 77.8 Å². The van der Waals surface area contributed by atoms with E-state index in [2.05, 4.69) is 5.32 Å². The molecule has 1 amide bonds. The molecule has 0 spiro atoms. The Morgan fingerprint density at radius 1 is 1.11 bits per heavy atom. The van der Waals surface area contributed by atoms with E-state index >= 15 is 0 Å². The number of hydrogen-bond donors (Lipinski definition) is 1. The number of para-hydroxylation sites is 1. The zero-order valence-corrected chi connectivity index (χ0v) is 16.5. The number of amides is 1. The van der Waals surface area contributed by atoms with Gasteiger partial charge < -0.3 is 19.2 Å². The summed E-state index contributed by atoms with van der Waals surface area (Å²) in [6.07, 6.45) is 0. The number of anilines is 1. The molecule has 0 unspecified atom stereocenters. The molecule has 3 aromatic rings. The Labute approximate surface area is 167 Å². The SMILES string of the molecule is CCOC(=O)c1oc2ccccc2c1NC(=O)C(C)(C)Oc1ccc(Cl)cc1. The third kappa shape index (κ3) is 4.12. The van der Waals surface area contributed by atoms with Gasteiger partial charge in [-0.2, -0.15) is 0 Å². The summed E-state index contributed by atoms with van der Waals surface area (Å²) >= 11 is 5.88. The summed E-state index contributed by atoms with van der Waals surface area (Å²) in [5.74, 6) is -0.657. The van der Waals surface area contributed by atoms with Gasteiger partial charge in [0, 0.05) is 10.4 Å². The Morgan fingerprint density at radius 2 is 1.79 bits per heavy atom. The number of rotatable bonds is 6. The van der Waals surface area contributed by atoms with Crippen molar-refractivity contribution in [3.05, 3.63) is 59.3 Å². The third-order valence-corrected chi connectivity index (χ3v) is 4.28. The molecular formula is C21H20ClNO5. The lowest BCUT2D eigenvalue weighted by Crippen LogP contribution is -2.42. The Balaban J connectivity index is 1.90. The van der Waals surface area contributed by atoms with E-state index < -0.39 is 17.5 Å². The van der Waals surface area contributed by atoms with Gasteiger partial charge in [-0.3, -0.25) is 4.79 Å². The molecule has 3 rings (SSSR count). The molecule has 2 aromatic carbocycles. The van der Waals surface area contributed by atoms with Crippen molar-refractivity contribution >= 4 is 40.1 Å². The molecular weight excluding hydrogens is 382 g/mol. The normalized spacial score (nSPS) is 11.3. The maximum atomic E-state index is 12.9. The molecule has 0 radical (unpaired) electrons. The minimum atomic E-state index is -1.22. The second-order valence-corrected chi connectivity index (χ2v) is 6.98. The van der Waals surface area contributed by atoms with Gasteiger partial charge in [0.1, 0.15) is 17.0 Å². The van der Waals surface area contributed by atoms with Gasteiger partial charge >= 0.3 is 5.97 Å². The molecule has 0 fully saturated rings. The van der Waals surface area contributed by atoms with Crippen LogP contribution in [0.4, 0.5) is 5.69 Å². The summed E-state index contributed by atoms with van der Waals surface area (Å²) in [7, 11) is 0. The van der Waals surface area contributed by atoms with Crippen molar-refractivity contribution in [1.29, 1.82) is 0 Å². The molecule has 1 aromatic heterocycles. The van der Waals surface area contributed by atoms with Crippen molar-refractivity contribution in [2.45, 2.75) is 26.4 Å². The first kappa shape index (κ1) is 19.8. The van der Waals surface area contributed by atoms with E-state index in [4.69, 9.17) is 25.5 Å². The molecule has 0 saturated carbocycles. The Morgan fingerprint density at radius 3 is 2.46 bits per heavy atom. The monoisotopic (exact) mass is 401 g/mol. The summed E-state index contributed by atoms with van der Waals surface area (Å²) in [6.45, 7) is 5.14. The third-order valence-electron chi connectivity index (χ3n) is 4.03. The lowest BCUT2D eigenvalue weighted by molar-refractivity contribution is -0.128. The molecule has 6 nitrogen and oxygen atoms in total. The molecule has 0 aliphatic heterocycles. The van der Waals surface area contributed by atoms with Crippen molar-refractivity contribution in [3.63, 3.8) is 0 Å². The maximum absolute atomic E-state index is 12.9. The van der Waals surface area contributed by atoms with Gasteiger partial charge in [-0.25, -0.2) is 4.79 Å². The first-order valence-corrected chi connectivity index (χ1v) is 9.14. The van der Waals surface area contributed by atoms with Crippen LogP contribution in [0.25, 0.3) is 11.0 Å². The average Bonchev–Trinajstić information content (AvgIpc) is 3.02. The van der Waals surface area contributed by atoms with E-state index in [0.717, 1.165) is 0 Å². The fourth-order valence-electron chi connectivity index (χ4n) is 2.62. The van der Waals surface area contributed by atoms with Gasteiger partial charge in [0.25, 0.3) is 5.91 Å². The Hall–Kier alpha value is -2.99. The summed E-state index contributed by atoms with van der Waals surface area (Å²) in [5, 5.41) is 3.93. The number of fused-ring (bicyclic) bond motifs is 1. The van der Waals surface area contributed by atoms with E-state index in [9.17, 15) is 9.59 Å². The van der Waals surface area contributed by atoms with Crippen molar-refractivity contribution < 1.29 is 23.5 Å². The number of carbonyl (C=O) groups is 2. The van der Waals surface area contributed by atoms with Gasteiger partial charge in [0.15, 0.2) is 5.60 Å². The Bertz CT molecular complexity index is 1010. The summed E-state index contributed by atoms with van der Waals surface area (Å²) in [6, 6.07) is 13.7. The first-order chi connectivity index (χ1) is 13.3. The number of ether oxygens (including phenoxy) is 2. The fraction of sp³-hybridized carbons (Fsp3) is 0.238. The van der Waals surface area contributed by atoms with Crippen LogP contribution in [0.15, 0.2) is 52.9 Å². The number of furan rings is 1. The predicted octanol–water partition coefficient (Wildman–Crippen LogP) is 5.06. The van der Waals surface area contributed by atoms with Gasteiger partial charge in [0.2, 0.25) is 5.76 Å². The van der Waals surface area contributed by atoms with Gasteiger partial charge in [0.05, 0.1) is 6.61 Å². The van der Waals surface area contributed by atoms with E-state index in [-0.39, 0.29) is 18.1 Å². The molecule has 0 atom stereocenters. The minimum absolute atomic E-state index is 0.0568. The van der Waals surface area contributed by atoms with Crippen LogP contribution >= 0.6 is 11.6 Å². The number of carbonyl (C=O) groups excluding carboxylic acids is 2. The highest BCUT2D eigenvalue weighted by molar-refractivity contribution is 6.30. The molecule has 146 valence electrons. The van der Waals surface area contributed by atoms with Crippen LogP contribution in [0.1, 0.15) is 31.3 Å². The maximum Gasteiger partial charge on any atom is 0.376 e. The van der Waals surface area contributed by atoms with Crippen molar-refractivity contribution in [2.75, 3.05) is 11.9 Å². The Kier molecular flexibility index (Phi) is 5.61. The molecule has 28 heavy (non-hydrogen) atoms. The summed E-state index contributed by atoms with van der Waals surface area (Å²) in [4.78, 5) is 25.2.